The van der Waals surface area contributed by atoms with Crippen LogP contribution in [0.25, 0.3) is 21.7 Å². The van der Waals surface area contributed by atoms with E-state index in [-0.39, 0.29) is 13.0 Å². The highest BCUT2D eigenvalue weighted by Gasteiger charge is 2.52. The molecule has 0 saturated carbocycles. The molecule has 3 aromatic heterocycles. The minimum absolute atomic E-state index is 0.0618. The monoisotopic (exact) mass is 456 g/mol. The van der Waals surface area contributed by atoms with Gasteiger partial charge in [-0.05, 0) is 51.3 Å². The minimum Gasteiger partial charge on any atom is -0.480 e. The van der Waals surface area contributed by atoms with Crippen LogP contribution >= 0.6 is 11.3 Å². The van der Waals surface area contributed by atoms with E-state index in [9.17, 15) is 14.7 Å². The molecule has 3 aromatic rings. The van der Waals surface area contributed by atoms with Crippen molar-refractivity contribution in [2.75, 3.05) is 6.54 Å². The van der Waals surface area contributed by atoms with Gasteiger partial charge >= 0.3 is 12.1 Å². The van der Waals surface area contributed by atoms with Crippen LogP contribution in [-0.4, -0.2) is 60.8 Å². The highest BCUT2D eigenvalue weighted by molar-refractivity contribution is 7.16. The number of thiophene rings is 1. The topological polar surface area (TPSA) is 115 Å². The van der Waals surface area contributed by atoms with Gasteiger partial charge in [0, 0.05) is 12.6 Å². The van der Waals surface area contributed by atoms with Gasteiger partial charge in [-0.2, -0.15) is 4.98 Å². The van der Waals surface area contributed by atoms with E-state index in [0.717, 1.165) is 10.2 Å². The highest BCUT2D eigenvalue weighted by atomic mass is 32.1. The molecule has 1 fully saturated rings. The Hall–Kier alpha value is -3.27. The molecule has 1 aliphatic heterocycles. The number of ether oxygens (including phenoxy) is 2. The molecule has 1 amide bonds. The molecule has 0 aromatic carbocycles. The van der Waals surface area contributed by atoms with Crippen molar-refractivity contribution in [1.29, 1.82) is 0 Å². The average molecular weight is 457 g/mol. The average Bonchev–Trinajstić information content (AvgIpc) is 3.32. The number of hydrogen-bond acceptors (Lipinski definition) is 8. The van der Waals surface area contributed by atoms with Crippen LogP contribution in [0.5, 0.6) is 5.88 Å². The largest absolute Gasteiger partial charge is 0.480 e. The Bertz CT molecular complexity index is 1160. The standard InChI is InChI=1S/C22H24N4O5S/c1-21(2,3)31-20(29)26-12-13(11-22(26,4)19(27)28)30-17-14-8-10-32-18(14)25-16(24-17)15-7-5-6-9-23-15/h5-10,13H,11-12H2,1-4H3,(H,27,28)/t13-,22+/m1/s1. The van der Waals surface area contributed by atoms with E-state index < -0.39 is 29.3 Å². The van der Waals surface area contributed by atoms with Crippen LogP contribution in [0.15, 0.2) is 35.8 Å². The minimum atomic E-state index is -1.46. The van der Waals surface area contributed by atoms with Gasteiger partial charge in [0.15, 0.2) is 5.82 Å². The fourth-order valence-corrected chi connectivity index (χ4v) is 4.34. The molecule has 4 heterocycles. The van der Waals surface area contributed by atoms with Gasteiger partial charge in [0.2, 0.25) is 5.88 Å². The summed E-state index contributed by atoms with van der Waals surface area (Å²) in [7, 11) is 0. The van der Waals surface area contributed by atoms with Gasteiger partial charge in [-0.25, -0.2) is 14.6 Å². The Labute approximate surface area is 189 Å². The Morgan fingerprint density at radius 3 is 2.69 bits per heavy atom. The Morgan fingerprint density at radius 1 is 1.25 bits per heavy atom. The number of aromatic nitrogens is 3. The number of likely N-dealkylation sites (tertiary alicyclic amines) is 1. The molecule has 0 bridgehead atoms. The maximum Gasteiger partial charge on any atom is 0.411 e. The smallest absolute Gasteiger partial charge is 0.411 e. The van der Waals surface area contributed by atoms with E-state index in [1.54, 1.807) is 39.1 Å². The Morgan fingerprint density at radius 2 is 2.03 bits per heavy atom. The molecule has 1 saturated heterocycles. The number of carbonyl (C=O) groups excluding carboxylic acids is 1. The number of rotatable bonds is 4. The third-order valence-corrected chi connectivity index (χ3v) is 5.95. The van der Waals surface area contributed by atoms with E-state index in [2.05, 4.69) is 15.0 Å². The lowest BCUT2D eigenvalue weighted by molar-refractivity contribution is -0.148. The molecule has 10 heteroatoms. The number of carboxylic acid groups (broad SMARTS) is 1. The first-order chi connectivity index (χ1) is 15.1. The number of hydrogen-bond donors (Lipinski definition) is 1. The first kappa shape index (κ1) is 21.9. The summed E-state index contributed by atoms with van der Waals surface area (Å²) in [6, 6.07) is 7.31. The third-order valence-electron chi connectivity index (χ3n) is 5.14. The molecular formula is C22H24N4O5S. The lowest BCUT2D eigenvalue weighted by Crippen LogP contribution is -2.52. The summed E-state index contributed by atoms with van der Waals surface area (Å²) < 4.78 is 11.6. The summed E-state index contributed by atoms with van der Waals surface area (Å²) in [6.07, 6.45) is 0.478. The van der Waals surface area contributed by atoms with Crippen molar-refractivity contribution in [1.82, 2.24) is 19.9 Å². The van der Waals surface area contributed by atoms with Crippen LogP contribution in [0, 0.1) is 0 Å². The van der Waals surface area contributed by atoms with Crippen molar-refractivity contribution in [3.8, 4) is 17.4 Å². The molecule has 1 aliphatic rings. The Kier molecular flexibility index (Phi) is 5.49. The van der Waals surface area contributed by atoms with Gasteiger partial charge in [-0.3, -0.25) is 9.88 Å². The summed E-state index contributed by atoms with van der Waals surface area (Å²) in [6.45, 7) is 6.77. The highest BCUT2D eigenvalue weighted by Crippen LogP contribution is 2.36. The zero-order valence-electron chi connectivity index (χ0n) is 18.2. The van der Waals surface area contributed by atoms with Crippen LogP contribution in [0.2, 0.25) is 0 Å². The quantitative estimate of drug-likeness (QED) is 0.627. The van der Waals surface area contributed by atoms with Crippen molar-refractivity contribution in [3.63, 3.8) is 0 Å². The number of nitrogens with zero attached hydrogens (tertiary/aromatic N) is 4. The van der Waals surface area contributed by atoms with Crippen molar-refractivity contribution < 1.29 is 24.2 Å². The maximum absolute atomic E-state index is 12.7. The van der Waals surface area contributed by atoms with E-state index in [1.165, 1.54) is 23.2 Å². The number of carbonyl (C=O) groups is 2. The summed E-state index contributed by atoms with van der Waals surface area (Å²) in [4.78, 5) is 40.2. The number of aliphatic carboxylic acids is 1. The number of amides is 1. The molecule has 1 N–H and O–H groups in total. The van der Waals surface area contributed by atoms with Crippen LogP contribution in [0.1, 0.15) is 34.1 Å². The lowest BCUT2D eigenvalue weighted by atomic mass is 9.99. The van der Waals surface area contributed by atoms with Gasteiger partial charge < -0.3 is 14.6 Å². The SMILES string of the molecule is CC(C)(C)OC(=O)N1C[C@H](Oc2nc(-c3ccccn3)nc3sccc23)C[C@@]1(C)C(=O)O. The molecule has 9 nitrogen and oxygen atoms in total. The van der Waals surface area contributed by atoms with Gasteiger partial charge in [-0.1, -0.05) is 6.07 Å². The fourth-order valence-electron chi connectivity index (χ4n) is 3.58. The second kappa shape index (κ2) is 8.01. The van der Waals surface area contributed by atoms with E-state index >= 15 is 0 Å². The van der Waals surface area contributed by atoms with Gasteiger partial charge in [0.1, 0.15) is 27.8 Å². The number of pyridine rings is 1. The third kappa shape index (κ3) is 4.22. The predicted octanol–water partition coefficient (Wildman–Crippen LogP) is 3.98. The summed E-state index contributed by atoms with van der Waals surface area (Å²) in [5.41, 5.74) is -1.61. The normalized spacial score (nSPS) is 21.0. The lowest BCUT2D eigenvalue weighted by Gasteiger charge is -2.32. The van der Waals surface area contributed by atoms with Crippen molar-refractivity contribution >= 4 is 33.6 Å². The van der Waals surface area contributed by atoms with Crippen LogP contribution in [0.3, 0.4) is 0 Å². The maximum atomic E-state index is 12.7. The predicted molar refractivity (Wildman–Crippen MR) is 119 cm³/mol. The van der Waals surface area contributed by atoms with E-state index in [1.807, 2.05) is 17.5 Å². The molecule has 0 radical (unpaired) electrons. The second-order valence-corrected chi connectivity index (χ2v) is 9.72. The van der Waals surface area contributed by atoms with E-state index in [0.29, 0.717) is 17.4 Å². The number of fused-ring (bicyclic) bond motifs is 1. The first-order valence-corrected chi connectivity index (χ1v) is 11.0. The zero-order valence-corrected chi connectivity index (χ0v) is 19.0. The molecular weight excluding hydrogens is 432 g/mol. The van der Waals surface area contributed by atoms with Crippen LogP contribution < -0.4 is 4.74 Å². The molecule has 168 valence electrons. The molecule has 4 rings (SSSR count). The molecule has 0 unspecified atom stereocenters. The van der Waals surface area contributed by atoms with Crippen molar-refractivity contribution in [3.05, 3.63) is 35.8 Å². The molecule has 0 spiro atoms. The van der Waals surface area contributed by atoms with Crippen molar-refractivity contribution in [2.45, 2.75) is 51.4 Å². The number of carboxylic acids is 1. The summed E-state index contributed by atoms with van der Waals surface area (Å²) >= 11 is 1.45. The van der Waals surface area contributed by atoms with Crippen molar-refractivity contribution in [2.24, 2.45) is 0 Å². The van der Waals surface area contributed by atoms with Gasteiger partial charge in [-0.15, -0.1) is 11.3 Å². The van der Waals surface area contributed by atoms with Crippen LogP contribution in [-0.2, 0) is 9.53 Å². The van der Waals surface area contributed by atoms with E-state index in [4.69, 9.17) is 9.47 Å². The molecule has 2 atom stereocenters. The summed E-state index contributed by atoms with van der Waals surface area (Å²) in [5.74, 6) is -0.369. The van der Waals surface area contributed by atoms with Gasteiger partial charge in [0.25, 0.3) is 0 Å². The second-order valence-electron chi connectivity index (χ2n) is 8.82. The molecule has 0 aliphatic carbocycles. The fraction of sp³-hybridized carbons (Fsp3) is 0.409. The molecule has 32 heavy (non-hydrogen) atoms. The Balaban J connectivity index is 1.65. The van der Waals surface area contributed by atoms with Crippen LogP contribution in [0.4, 0.5) is 4.79 Å². The van der Waals surface area contributed by atoms with Gasteiger partial charge in [0.05, 0.1) is 11.9 Å². The summed E-state index contributed by atoms with van der Waals surface area (Å²) in [5, 5.41) is 12.5. The zero-order chi connectivity index (χ0) is 23.1. The first-order valence-electron chi connectivity index (χ1n) is 10.1.